The highest BCUT2D eigenvalue weighted by molar-refractivity contribution is 7.80. The molecule has 0 aliphatic rings. The summed E-state index contributed by atoms with van der Waals surface area (Å²) in [5, 5.41) is 75.1. The van der Waals surface area contributed by atoms with Crippen LogP contribution < -0.4 is 97.4 Å². The molecule has 28 N–H and O–H groups in total. The van der Waals surface area contributed by atoms with Crippen LogP contribution in [0.3, 0.4) is 0 Å². The number of rotatable bonds is 55. The minimum atomic E-state index is -2.02. The zero-order chi connectivity index (χ0) is 92.0. The number of carboxylic acid groups (broad SMARTS) is 3. The number of aromatic amines is 2. The first-order valence-corrected chi connectivity index (χ1v) is 41.4. The zero-order valence-corrected chi connectivity index (χ0v) is 71.0. The molecule has 5 aromatic rings. The topological polar surface area (TPSA) is 692 Å². The Morgan fingerprint density at radius 1 is 0.395 bits per heavy atom. The molecule has 14 atom stereocenters. The second-order valence-electron chi connectivity index (χ2n) is 30.1. The molecule has 0 saturated heterocycles. The van der Waals surface area contributed by atoms with Crippen molar-refractivity contribution in [2.45, 2.75) is 216 Å². The van der Waals surface area contributed by atoms with Crippen molar-refractivity contribution in [3.05, 3.63) is 102 Å². The van der Waals surface area contributed by atoms with Crippen LogP contribution in [0, 0.1) is 5.92 Å². The lowest BCUT2D eigenvalue weighted by Gasteiger charge is -2.28. The fourth-order valence-electron chi connectivity index (χ4n) is 12.7. The van der Waals surface area contributed by atoms with Crippen LogP contribution in [0.2, 0.25) is 0 Å². The molecule has 0 saturated carbocycles. The number of phenols is 1. The van der Waals surface area contributed by atoms with Crippen LogP contribution in [0.4, 0.5) is 0 Å². The van der Waals surface area contributed by atoms with Crippen molar-refractivity contribution in [3.63, 3.8) is 0 Å². The lowest BCUT2D eigenvalue weighted by atomic mass is 9.99. The summed E-state index contributed by atoms with van der Waals surface area (Å²) in [7, 11) is 0. The Labute approximate surface area is 724 Å². The first-order chi connectivity index (χ1) is 58.7. The van der Waals surface area contributed by atoms with Crippen molar-refractivity contribution in [3.8, 4) is 5.75 Å². The number of fused-ring (bicyclic) bond motifs is 2. The molecular formula is C80H114N20O22S2. The average molecular weight is 1770 g/mol. The summed E-state index contributed by atoms with van der Waals surface area (Å²) in [6.45, 7) is 7.04. The van der Waals surface area contributed by atoms with Gasteiger partial charge in [0.2, 0.25) is 88.6 Å². The number of para-hydroxylation sites is 2. The van der Waals surface area contributed by atoms with Gasteiger partial charge in [0.15, 0.2) is 0 Å². The van der Waals surface area contributed by atoms with Gasteiger partial charge in [-0.3, -0.25) is 86.3 Å². The number of H-pyrrole nitrogens is 2. The summed E-state index contributed by atoms with van der Waals surface area (Å²) in [5.41, 5.74) is 25.2. The smallest absolute Gasteiger partial charge is 0.325 e. The van der Waals surface area contributed by atoms with E-state index in [0.29, 0.717) is 58.7 Å². The van der Waals surface area contributed by atoms with Gasteiger partial charge < -0.3 is 128 Å². The van der Waals surface area contributed by atoms with Gasteiger partial charge in [-0.15, -0.1) is 0 Å². The molecule has 678 valence electrons. The van der Waals surface area contributed by atoms with E-state index in [1.807, 2.05) is 0 Å². The number of amides is 15. The second-order valence-corrected chi connectivity index (χ2v) is 30.9. The molecule has 42 nitrogen and oxygen atoms in total. The minimum absolute atomic E-state index is 0.0581. The van der Waals surface area contributed by atoms with Gasteiger partial charge in [0.1, 0.15) is 84.3 Å². The number of aliphatic carboxylic acids is 3. The molecule has 0 unspecified atom stereocenters. The van der Waals surface area contributed by atoms with Crippen molar-refractivity contribution in [1.82, 2.24) is 84.4 Å². The van der Waals surface area contributed by atoms with Crippen LogP contribution in [-0.2, 0) is 106 Å². The van der Waals surface area contributed by atoms with Crippen LogP contribution in [0.5, 0.6) is 5.75 Å². The van der Waals surface area contributed by atoms with Crippen LogP contribution in [0.25, 0.3) is 21.8 Å². The monoisotopic (exact) mass is 1770 g/mol. The Balaban J connectivity index is 1.46. The molecule has 0 aliphatic heterocycles. The van der Waals surface area contributed by atoms with Crippen molar-refractivity contribution >= 4 is 154 Å². The number of nitrogens with two attached hydrogens (primary N) is 4. The van der Waals surface area contributed by atoms with Crippen LogP contribution in [0.15, 0.2) is 85.2 Å². The minimum Gasteiger partial charge on any atom is -0.508 e. The molecule has 5 rings (SSSR count). The number of nitrogens with one attached hydrogen (secondary N) is 16. The molecule has 0 fully saturated rings. The summed E-state index contributed by atoms with van der Waals surface area (Å²) in [6.07, 6.45) is -0.431. The standard InChI is InChI=1S/C80H114N20O22S2/c1-40(2)30-56(73(114)100-61(38-123)78(119)89-42(4)67(108)90-43(5)80(121)122)94-76(117)59(33-46-36-86-52-18-9-7-15-49(46)52)97-71(112)54(24-26-63(84)102)93-75(116)58(32-45-35-85-51-17-8-6-14-48(45)51)96-72(113)55(25-27-65(104)105)92-70(111)53(19-11-13-29-82)91-74(115)57(31-44-20-22-47(101)23-21-44)95-77(118)60(34-66(106)107)98-79(120)62(39-124)99-68(109)41(3)88-64(103)37-87-69(110)50(83)16-10-12-28-81/h6-9,14-15,17-18,20-23,35-36,40-43,50,53-62,85-86,101,123-124H,10-13,16,19,24-34,37-39,81-83H2,1-5H3,(H2,84,102)(H,87,110)(H,88,103)(H,89,119)(H,90,108)(H,91,115)(H,92,111)(H,93,116)(H,94,117)(H,95,118)(H,96,113)(H,97,112)(H,98,120)(H,99,109)(H,100,114)(H,104,105)(H,106,107)(H,121,122)/t41-,42-,43-,50-,53-,54-,55-,56-,57-,58-,59-,60-,61-,62-/m1/s1. The lowest BCUT2D eigenvalue weighted by molar-refractivity contribution is -0.142. The number of phenolic OH excluding ortho intramolecular Hbond substituents is 1. The third-order valence-electron chi connectivity index (χ3n) is 19.6. The fraction of sp³-hybridized carbons (Fsp3) is 0.500. The number of hydrogen-bond acceptors (Lipinski definition) is 24. The van der Waals surface area contributed by atoms with Crippen LogP contribution in [-0.4, -0.2) is 253 Å². The number of unbranched alkanes of at least 4 members (excludes halogenated alkanes) is 2. The maximum atomic E-state index is 15.3. The Morgan fingerprint density at radius 3 is 1.24 bits per heavy atom. The number of carboxylic acids is 3. The normalized spacial score (nSPS) is 14.6. The van der Waals surface area contributed by atoms with Crippen LogP contribution in [0.1, 0.15) is 128 Å². The number of aromatic hydroxyl groups is 1. The first kappa shape index (κ1) is 102. The van der Waals surface area contributed by atoms with E-state index in [-0.39, 0.29) is 61.6 Å². The van der Waals surface area contributed by atoms with Crippen LogP contribution >= 0.6 is 25.3 Å². The number of primary amides is 1. The Hall–Kier alpha value is -12.4. The van der Waals surface area contributed by atoms with E-state index in [4.69, 9.17) is 22.9 Å². The predicted octanol–water partition coefficient (Wildman–Crippen LogP) is -3.96. The SMILES string of the molecule is CC(C)C[C@@H](NC(=O)[C@@H](Cc1c[nH]c2ccccc12)NC(=O)[C@@H](CCC(N)=O)NC(=O)[C@@H](Cc1c[nH]c2ccccc12)NC(=O)[C@@H](CCC(=O)O)NC(=O)[C@@H](CCCCN)NC(=O)[C@@H](Cc1ccc(O)cc1)NC(=O)[C@@H](CC(=O)O)NC(=O)[C@@H](CS)NC(=O)[C@@H](C)NC(=O)CNC(=O)[C@H](N)CCCCN)C(=O)N[C@H](CS)C(=O)N[C@H](C)C(=O)N[C@H](C)C(=O)O. The van der Waals surface area contributed by atoms with Gasteiger partial charge >= 0.3 is 17.9 Å². The van der Waals surface area contributed by atoms with E-state index in [9.17, 15) is 92.3 Å². The summed E-state index contributed by atoms with van der Waals surface area (Å²) in [6, 6.07) is -3.14. The second kappa shape index (κ2) is 51.5. The molecular weight excluding hydrogens is 1660 g/mol. The number of benzene rings is 3. The summed E-state index contributed by atoms with van der Waals surface area (Å²) in [4.78, 5) is 253. The highest BCUT2D eigenvalue weighted by Crippen LogP contribution is 2.23. The maximum Gasteiger partial charge on any atom is 0.325 e. The van der Waals surface area contributed by atoms with E-state index in [1.165, 1.54) is 51.2 Å². The Morgan fingerprint density at radius 2 is 0.774 bits per heavy atom. The van der Waals surface area contributed by atoms with Gasteiger partial charge in [-0.25, -0.2) is 0 Å². The third-order valence-corrected chi connectivity index (χ3v) is 20.3. The van der Waals surface area contributed by atoms with Crippen molar-refractivity contribution in [1.29, 1.82) is 0 Å². The quantitative estimate of drug-likeness (QED) is 0.0130. The summed E-state index contributed by atoms with van der Waals surface area (Å²) >= 11 is 8.39. The number of aromatic nitrogens is 2. The largest absolute Gasteiger partial charge is 0.508 e. The number of carbonyl (C=O) groups is 18. The van der Waals surface area contributed by atoms with Gasteiger partial charge in [0.05, 0.1) is 19.0 Å². The van der Waals surface area contributed by atoms with E-state index in [0.717, 1.165) is 0 Å². The molecule has 44 heteroatoms. The van der Waals surface area contributed by atoms with E-state index >= 15 is 14.4 Å². The highest BCUT2D eigenvalue weighted by Gasteiger charge is 2.39. The Bertz CT molecular complexity index is 4570. The zero-order valence-electron chi connectivity index (χ0n) is 69.2. The van der Waals surface area contributed by atoms with E-state index in [2.05, 4.69) is 110 Å². The van der Waals surface area contributed by atoms with Gasteiger partial charge in [-0.2, -0.15) is 25.3 Å². The molecule has 0 spiro atoms. The van der Waals surface area contributed by atoms with Crippen molar-refractivity contribution in [2.75, 3.05) is 31.1 Å². The van der Waals surface area contributed by atoms with E-state index in [1.54, 1.807) is 68.6 Å². The summed E-state index contributed by atoms with van der Waals surface area (Å²) in [5.74, 6) is -21.0. The molecule has 124 heavy (non-hydrogen) atoms. The first-order valence-electron chi connectivity index (χ1n) is 40.2. The van der Waals surface area contributed by atoms with Crippen molar-refractivity contribution in [2.24, 2.45) is 28.9 Å². The third kappa shape index (κ3) is 34.1. The van der Waals surface area contributed by atoms with Gasteiger partial charge in [-0.05, 0) is 132 Å². The predicted molar refractivity (Wildman–Crippen MR) is 457 cm³/mol. The van der Waals surface area contributed by atoms with Gasteiger partial charge in [0.25, 0.3) is 0 Å². The maximum absolute atomic E-state index is 15.3. The van der Waals surface area contributed by atoms with Crippen molar-refractivity contribution < 1.29 is 107 Å². The molecule has 2 aromatic heterocycles. The molecule has 15 amide bonds. The van der Waals surface area contributed by atoms with Gasteiger partial charge in [-0.1, -0.05) is 68.8 Å². The fourth-order valence-corrected chi connectivity index (χ4v) is 13.2. The Kier molecular flexibility index (Phi) is 42.4. The number of thiol groups is 2. The molecule has 2 heterocycles. The lowest BCUT2D eigenvalue weighted by Crippen LogP contribution is -2.61. The van der Waals surface area contributed by atoms with Gasteiger partial charge in [0, 0.05) is 77.8 Å². The average Bonchev–Trinajstić information content (AvgIpc) is 1.67. The molecule has 0 radical (unpaired) electrons. The summed E-state index contributed by atoms with van der Waals surface area (Å²) < 4.78 is 0. The molecule has 0 aliphatic carbocycles. The molecule has 0 bridgehead atoms. The molecule has 3 aromatic carbocycles. The number of hydrogen-bond donors (Lipinski definition) is 26. The number of carbonyl (C=O) groups excluding carboxylic acids is 15. The highest BCUT2D eigenvalue weighted by atomic mass is 32.1. The van der Waals surface area contributed by atoms with E-state index < -0.39 is 248 Å².